The fourth-order valence-corrected chi connectivity index (χ4v) is 3.23. The first-order valence-electron chi connectivity index (χ1n) is 4.38. The second-order valence-electron chi connectivity index (χ2n) is 3.04. The molecule has 0 fully saturated rings. The van der Waals surface area contributed by atoms with Crippen LogP contribution < -0.4 is 9.60 Å². The third-order valence-electron chi connectivity index (χ3n) is 1.75. The van der Waals surface area contributed by atoms with E-state index in [1.807, 2.05) is 30.6 Å². The number of guanidine groups is 1. The molecule has 0 unspecified atom stereocenters. The van der Waals surface area contributed by atoms with Crippen LogP contribution >= 0.6 is 20.7 Å². The van der Waals surface area contributed by atoms with Crippen molar-refractivity contribution in [3.63, 3.8) is 0 Å². The summed E-state index contributed by atoms with van der Waals surface area (Å²) in [6.45, 7) is 0. The summed E-state index contributed by atoms with van der Waals surface area (Å²) in [5.41, 5.74) is 0. The summed E-state index contributed by atoms with van der Waals surface area (Å²) in [4.78, 5) is 16.5. The summed E-state index contributed by atoms with van der Waals surface area (Å²) < 4.78 is 1.96. The third-order valence-corrected chi connectivity index (χ3v) is 4.10. The van der Waals surface area contributed by atoms with Crippen LogP contribution in [0, 0.1) is 0 Å². The molecule has 5 nitrogen and oxygen atoms in total. The van der Waals surface area contributed by atoms with Crippen molar-refractivity contribution in [3.05, 3.63) is 9.60 Å². The largest absolute Gasteiger partial charge is 0.347 e. The van der Waals surface area contributed by atoms with E-state index in [4.69, 9.17) is 0 Å². The van der Waals surface area contributed by atoms with Crippen molar-refractivity contribution in [1.29, 1.82) is 0 Å². The van der Waals surface area contributed by atoms with E-state index in [-0.39, 0.29) is 0 Å². The molecule has 1 aromatic rings. The van der Waals surface area contributed by atoms with Gasteiger partial charge in [0, 0.05) is 35.2 Å². The SMILES string of the molecule is CN=C(/N=c1\ssc(=NC)n1C)N(C)C. The van der Waals surface area contributed by atoms with E-state index in [2.05, 4.69) is 15.0 Å². The van der Waals surface area contributed by atoms with Gasteiger partial charge >= 0.3 is 0 Å². The van der Waals surface area contributed by atoms with Crippen molar-refractivity contribution < 1.29 is 0 Å². The van der Waals surface area contributed by atoms with Crippen LogP contribution in [-0.2, 0) is 7.05 Å². The van der Waals surface area contributed by atoms with Gasteiger partial charge in [-0.15, -0.1) is 0 Å². The Kier molecular flexibility index (Phi) is 4.22. The van der Waals surface area contributed by atoms with Gasteiger partial charge in [-0.2, -0.15) is 4.99 Å². The Hall–Kier alpha value is -0.950. The first-order valence-corrected chi connectivity index (χ1v) is 6.53. The highest BCUT2D eigenvalue weighted by atomic mass is 32.9. The Labute approximate surface area is 96.2 Å². The molecule has 0 saturated heterocycles. The van der Waals surface area contributed by atoms with Crippen LogP contribution in [0.1, 0.15) is 0 Å². The molecule has 0 N–H and O–H groups in total. The van der Waals surface area contributed by atoms with E-state index in [9.17, 15) is 0 Å². The predicted molar refractivity (Wildman–Crippen MR) is 65.3 cm³/mol. The van der Waals surface area contributed by atoms with E-state index in [1.165, 1.54) is 0 Å². The first-order chi connectivity index (χ1) is 7.10. The lowest BCUT2D eigenvalue weighted by molar-refractivity contribution is 0.609. The van der Waals surface area contributed by atoms with Crippen LogP contribution in [0.15, 0.2) is 15.0 Å². The average Bonchev–Trinajstić information content (AvgIpc) is 2.55. The first kappa shape index (κ1) is 12.1. The lowest BCUT2D eigenvalue weighted by Crippen LogP contribution is -2.27. The van der Waals surface area contributed by atoms with Gasteiger partial charge < -0.3 is 4.90 Å². The topological polar surface area (TPSA) is 45.2 Å². The van der Waals surface area contributed by atoms with Crippen molar-refractivity contribution in [2.45, 2.75) is 0 Å². The molecule has 1 rings (SSSR count). The van der Waals surface area contributed by atoms with Gasteiger partial charge in [0.1, 0.15) is 0 Å². The minimum absolute atomic E-state index is 0.710. The van der Waals surface area contributed by atoms with Crippen molar-refractivity contribution >= 4 is 26.6 Å². The van der Waals surface area contributed by atoms with Crippen molar-refractivity contribution in [3.8, 4) is 0 Å². The molecule has 15 heavy (non-hydrogen) atoms. The molecule has 0 radical (unpaired) electrons. The molecule has 0 aromatic carbocycles. The molecule has 0 aliphatic carbocycles. The molecule has 1 aromatic heterocycles. The lowest BCUT2D eigenvalue weighted by atomic mass is 10.8. The summed E-state index contributed by atoms with van der Waals surface area (Å²) in [7, 11) is 12.5. The number of hydrogen-bond donors (Lipinski definition) is 0. The molecule has 7 heteroatoms. The van der Waals surface area contributed by atoms with Crippen LogP contribution in [0.2, 0.25) is 0 Å². The second-order valence-corrected chi connectivity index (χ2v) is 5.11. The van der Waals surface area contributed by atoms with Gasteiger partial charge in [0.2, 0.25) is 10.8 Å². The maximum absolute atomic E-state index is 4.45. The van der Waals surface area contributed by atoms with E-state index >= 15 is 0 Å². The Morgan fingerprint density at radius 3 is 2.20 bits per heavy atom. The molecule has 0 aliphatic heterocycles. The molecule has 0 amide bonds. The van der Waals surface area contributed by atoms with Gasteiger partial charge in [-0.3, -0.25) is 14.6 Å². The monoisotopic (exact) mass is 245 g/mol. The Morgan fingerprint density at radius 2 is 1.80 bits per heavy atom. The molecule has 84 valence electrons. The highest BCUT2D eigenvalue weighted by Gasteiger charge is 2.00. The zero-order valence-electron chi connectivity index (χ0n) is 9.55. The smallest absolute Gasteiger partial charge is 0.222 e. The Morgan fingerprint density at radius 1 is 1.20 bits per heavy atom. The van der Waals surface area contributed by atoms with Gasteiger partial charge in [-0.25, -0.2) is 0 Å². The predicted octanol–water partition coefficient (Wildman–Crippen LogP) is 0.127. The van der Waals surface area contributed by atoms with Gasteiger partial charge in [-0.1, -0.05) is 0 Å². The van der Waals surface area contributed by atoms with Crippen LogP contribution in [0.4, 0.5) is 0 Å². The normalized spacial score (nSPS) is 14.9. The molecular formula is C8H15N5S2. The number of hydrogen-bond acceptors (Lipinski definition) is 4. The molecule has 0 atom stereocenters. The average molecular weight is 245 g/mol. The standard InChI is InChI=1S/C8H15N5S2/c1-9-6(12(3)4)11-8-13(5)7(10-2)14-15-8/h1-5H3/b9-6?,10-7?,11-8-. The maximum Gasteiger partial charge on any atom is 0.222 e. The van der Waals surface area contributed by atoms with Crippen molar-refractivity contribution in [1.82, 2.24) is 9.47 Å². The zero-order valence-corrected chi connectivity index (χ0v) is 11.2. The minimum Gasteiger partial charge on any atom is -0.347 e. The molecule has 0 saturated carbocycles. The van der Waals surface area contributed by atoms with Crippen LogP contribution in [0.3, 0.4) is 0 Å². The van der Waals surface area contributed by atoms with E-state index in [0.717, 1.165) is 9.60 Å². The van der Waals surface area contributed by atoms with Gasteiger partial charge in [0.05, 0.1) is 0 Å². The number of aromatic nitrogens is 1. The molecule has 0 aliphatic rings. The van der Waals surface area contributed by atoms with E-state index in [1.54, 1.807) is 34.8 Å². The fraction of sp³-hybridized carbons (Fsp3) is 0.625. The van der Waals surface area contributed by atoms with Gasteiger partial charge in [0.25, 0.3) is 0 Å². The minimum atomic E-state index is 0.710. The lowest BCUT2D eigenvalue weighted by Gasteiger charge is -2.08. The van der Waals surface area contributed by atoms with Crippen LogP contribution in [-0.4, -0.2) is 43.6 Å². The number of aliphatic imine (C=N–C) groups is 1. The molecule has 0 bridgehead atoms. The maximum atomic E-state index is 4.45. The second kappa shape index (κ2) is 5.22. The van der Waals surface area contributed by atoms with Gasteiger partial charge in [0.15, 0.2) is 4.80 Å². The summed E-state index contributed by atoms with van der Waals surface area (Å²) >= 11 is 0. The van der Waals surface area contributed by atoms with E-state index in [0.29, 0.717) is 5.96 Å². The Balaban J connectivity index is 3.28. The van der Waals surface area contributed by atoms with Crippen molar-refractivity contribution in [2.24, 2.45) is 22.0 Å². The van der Waals surface area contributed by atoms with E-state index < -0.39 is 0 Å². The summed E-state index contributed by atoms with van der Waals surface area (Å²) in [5, 5.41) is 0. The van der Waals surface area contributed by atoms with Crippen LogP contribution in [0.5, 0.6) is 0 Å². The summed E-state index contributed by atoms with van der Waals surface area (Å²) in [5.74, 6) is 0.710. The quantitative estimate of drug-likeness (QED) is 0.364. The molecule has 1 heterocycles. The summed E-state index contributed by atoms with van der Waals surface area (Å²) in [6, 6.07) is 0. The zero-order chi connectivity index (χ0) is 11.4. The Bertz CT molecular complexity index is 474. The molecular weight excluding hydrogens is 230 g/mol. The fourth-order valence-electron chi connectivity index (χ4n) is 0.985. The van der Waals surface area contributed by atoms with Gasteiger partial charge in [-0.05, 0) is 20.7 Å². The summed E-state index contributed by atoms with van der Waals surface area (Å²) in [6.07, 6.45) is 0. The number of nitrogens with zero attached hydrogens (tertiary/aromatic N) is 5. The van der Waals surface area contributed by atoms with Crippen LogP contribution in [0.25, 0.3) is 0 Å². The third kappa shape index (κ3) is 2.75. The molecule has 0 spiro atoms. The van der Waals surface area contributed by atoms with Crippen molar-refractivity contribution in [2.75, 3.05) is 28.2 Å². The highest BCUT2D eigenvalue weighted by Crippen LogP contribution is 1.92. The highest BCUT2D eigenvalue weighted by molar-refractivity contribution is 7.67. The number of rotatable bonds is 0.